The van der Waals surface area contributed by atoms with Crippen LogP contribution in [-0.4, -0.2) is 54.5 Å². The van der Waals surface area contributed by atoms with Crippen LogP contribution in [0.4, 0.5) is 10.5 Å². The maximum atomic E-state index is 12.1. The van der Waals surface area contributed by atoms with Crippen molar-refractivity contribution < 1.29 is 9.59 Å². The molecule has 1 aliphatic heterocycles. The zero-order valence-electron chi connectivity index (χ0n) is 12.0. The highest BCUT2D eigenvalue weighted by molar-refractivity contribution is 6.42. The predicted octanol–water partition coefficient (Wildman–Crippen LogP) is 2.02. The van der Waals surface area contributed by atoms with Crippen LogP contribution in [0.5, 0.6) is 0 Å². The monoisotopic (exact) mass is 344 g/mol. The normalized spacial score (nSPS) is 16.2. The quantitative estimate of drug-likeness (QED) is 0.880. The molecule has 1 aliphatic rings. The van der Waals surface area contributed by atoms with Crippen LogP contribution in [-0.2, 0) is 4.79 Å². The molecule has 1 saturated heterocycles. The van der Waals surface area contributed by atoms with E-state index >= 15 is 0 Å². The molecule has 0 atom stereocenters. The Hall–Kier alpha value is -1.50. The summed E-state index contributed by atoms with van der Waals surface area (Å²) >= 11 is 11.7. The average Bonchev–Trinajstić information content (AvgIpc) is 2.68. The van der Waals surface area contributed by atoms with Gasteiger partial charge in [0.1, 0.15) is 0 Å². The van der Waals surface area contributed by atoms with Gasteiger partial charge in [-0.2, -0.15) is 0 Å². The molecule has 0 aliphatic carbocycles. The molecule has 0 radical (unpaired) electrons. The van der Waals surface area contributed by atoms with Gasteiger partial charge in [0.05, 0.1) is 16.6 Å². The molecule has 2 rings (SSSR count). The summed E-state index contributed by atoms with van der Waals surface area (Å²) in [5.41, 5.74) is 5.88. The van der Waals surface area contributed by atoms with Crippen LogP contribution in [0.15, 0.2) is 18.2 Å². The largest absolute Gasteiger partial charge is 0.351 e. The third-order valence-electron chi connectivity index (χ3n) is 3.47. The maximum Gasteiger partial charge on any atom is 0.314 e. The second kappa shape index (κ2) is 7.67. The Balaban J connectivity index is 1.86. The Morgan fingerprint density at radius 2 is 1.91 bits per heavy atom. The molecule has 1 aromatic carbocycles. The van der Waals surface area contributed by atoms with Gasteiger partial charge in [-0.15, -0.1) is 0 Å². The predicted molar refractivity (Wildman–Crippen MR) is 87.3 cm³/mol. The summed E-state index contributed by atoms with van der Waals surface area (Å²) < 4.78 is 0. The molecule has 0 bridgehead atoms. The van der Waals surface area contributed by atoms with Gasteiger partial charge in [0, 0.05) is 31.9 Å². The van der Waals surface area contributed by atoms with Crippen molar-refractivity contribution in [1.29, 1.82) is 0 Å². The van der Waals surface area contributed by atoms with Gasteiger partial charge in [-0.1, -0.05) is 23.2 Å². The lowest BCUT2D eigenvalue weighted by Gasteiger charge is -2.20. The number of primary amides is 1. The number of carbonyl (C=O) groups excluding carboxylic acids is 2. The van der Waals surface area contributed by atoms with E-state index in [-0.39, 0.29) is 12.5 Å². The number of benzene rings is 1. The van der Waals surface area contributed by atoms with Crippen molar-refractivity contribution in [1.82, 2.24) is 9.80 Å². The first-order valence-electron chi connectivity index (χ1n) is 6.97. The molecular weight excluding hydrogens is 327 g/mol. The minimum atomic E-state index is -0.415. The zero-order valence-corrected chi connectivity index (χ0v) is 13.5. The van der Waals surface area contributed by atoms with E-state index in [4.69, 9.17) is 28.9 Å². The van der Waals surface area contributed by atoms with E-state index in [1.165, 1.54) is 0 Å². The third kappa shape index (κ3) is 4.76. The molecule has 6 nitrogen and oxygen atoms in total. The number of nitrogens with one attached hydrogen (secondary N) is 1. The van der Waals surface area contributed by atoms with E-state index in [2.05, 4.69) is 5.32 Å². The molecule has 22 heavy (non-hydrogen) atoms. The Labute approximate surface area is 139 Å². The van der Waals surface area contributed by atoms with Crippen LogP contribution < -0.4 is 11.1 Å². The average molecular weight is 345 g/mol. The van der Waals surface area contributed by atoms with Gasteiger partial charge < -0.3 is 16.0 Å². The van der Waals surface area contributed by atoms with Gasteiger partial charge in [-0.3, -0.25) is 9.69 Å². The van der Waals surface area contributed by atoms with Gasteiger partial charge in [-0.25, -0.2) is 4.79 Å². The number of hydrogen-bond donors (Lipinski definition) is 2. The standard InChI is InChI=1S/C14H18Cl2N4O2/c15-11-3-2-10(8-12(11)16)18-13(21)9-19-4-1-5-20(7-6-19)14(17)22/h2-3,8H,1,4-7,9H2,(H2,17,22)(H,18,21). The molecule has 0 saturated carbocycles. The van der Waals surface area contributed by atoms with E-state index in [1.807, 2.05) is 4.90 Å². The molecule has 1 aromatic rings. The van der Waals surface area contributed by atoms with Crippen LogP contribution in [0.3, 0.4) is 0 Å². The van der Waals surface area contributed by atoms with Crippen molar-refractivity contribution in [3.63, 3.8) is 0 Å². The number of rotatable bonds is 3. The van der Waals surface area contributed by atoms with E-state index < -0.39 is 6.03 Å². The first kappa shape index (κ1) is 16.9. The lowest BCUT2D eigenvalue weighted by molar-refractivity contribution is -0.117. The first-order chi connectivity index (χ1) is 10.5. The smallest absolute Gasteiger partial charge is 0.314 e. The molecule has 8 heteroatoms. The van der Waals surface area contributed by atoms with Crippen molar-refractivity contribution in [2.24, 2.45) is 5.73 Å². The summed E-state index contributed by atoms with van der Waals surface area (Å²) in [5.74, 6) is -0.133. The lowest BCUT2D eigenvalue weighted by atomic mass is 10.3. The molecule has 1 heterocycles. The molecule has 0 unspecified atom stereocenters. The van der Waals surface area contributed by atoms with E-state index in [1.54, 1.807) is 23.1 Å². The number of anilines is 1. The van der Waals surface area contributed by atoms with Crippen molar-refractivity contribution in [2.75, 3.05) is 38.0 Å². The summed E-state index contributed by atoms with van der Waals surface area (Å²) in [7, 11) is 0. The van der Waals surface area contributed by atoms with Gasteiger partial charge in [0.15, 0.2) is 0 Å². The van der Waals surface area contributed by atoms with E-state index in [0.29, 0.717) is 35.4 Å². The first-order valence-corrected chi connectivity index (χ1v) is 7.73. The maximum absolute atomic E-state index is 12.1. The summed E-state index contributed by atoms with van der Waals surface area (Å²) in [6.07, 6.45) is 0.795. The second-order valence-corrected chi connectivity index (χ2v) is 5.95. The second-order valence-electron chi connectivity index (χ2n) is 5.13. The van der Waals surface area contributed by atoms with Crippen LogP contribution in [0.2, 0.25) is 10.0 Å². The van der Waals surface area contributed by atoms with Gasteiger partial charge >= 0.3 is 6.03 Å². The van der Waals surface area contributed by atoms with Crippen LogP contribution in [0, 0.1) is 0 Å². The van der Waals surface area contributed by atoms with E-state index in [9.17, 15) is 9.59 Å². The van der Waals surface area contributed by atoms with E-state index in [0.717, 1.165) is 13.0 Å². The highest BCUT2D eigenvalue weighted by Gasteiger charge is 2.18. The van der Waals surface area contributed by atoms with Gasteiger partial charge in [0.2, 0.25) is 5.91 Å². The summed E-state index contributed by atoms with van der Waals surface area (Å²) in [6, 6.07) is 4.53. The molecule has 0 aromatic heterocycles. The molecule has 1 fully saturated rings. The Bertz CT molecular complexity index is 568. The summed E-state index contributed by atoms with van der Waals surface area (Å²) in [6.45, 7) is 2.79. The number of nitrogens with two attached hydrogens (primary N) is 1. The SMILES string of the molecule is NC(=O)N1CCCN(CC(=O)Nc2ccc(Cl)c(Cl)c2)CC1. The fraction of sp³-hybridized carbons (Fsp3) is 0.429. The summed E-state index contributed by atoms with van der Waals surface area (Å²) in [5, 5.41) is 3.62. The number of carbonyl (C=O) groups is 2. The van der Waals surface area contributed by atoms with Crippen LogP contribution in [0.25, 0.3) is 0 Å². The zero-order chi connectivity index (χ0) is 16.1. The minimum Gasteiger partial charge on any atom is -0.351 e. The number of nitrogens with zero attached hydrogens (tertiary/aromatic N) is 2. The number of urea groups is 1. The molecular formula is C14H18Cl2N4O2. The van der Waals surface area contributed by atoms with Crippen molar-refractivity contribution in [3.05, 3.63) is 28.2 Å². The molecule has 3 amide bonds. The number of halogens is 2. The highest BCUT2D eigenvalue weighted by atomic mass is 35.5. The lowest BCUT2D eigenvalue weighted by Crippen LogP contribution is -2.40. The number of amides is 3. The third-order valence-corrected chi connectivity index (χ3v) is 4.21. The fourth-order valence-electron chi connectivity index (χ4n) is 2.33. The van der Waals surface area contributed by atoms with Crippen LogP contribution in [0.1, 0.15) is 6.42 Å². The van der Waals surface area contributed by atoms with Crippen LogP contribution >= 0.6 is 23.2 Å². The van der Waals surface area contributed by atoms with Gasteiger partial charge in [-0.05, 0) is 24.6 Å². The van der Waals surface area contributed by atoms with Crippen molar-refractivity contribution in [3.8, 4) is 0 Å². The molecule has 0 spiro atoms. The Kier molecular flexibility index (Phi) is 5.88. The van der Waals surface area contributed by atoms with Crippen molar-refractivity contribution in [2.45, 2.75) is 6.42 Å². The number of hydrogen-bond acceptors (Lipinski definition) is 3. The minimum absolute atomic E-state index is 0.133. The summed E-state index contributed by atoms with van der Waals surface area (Å²) in [4.78, 5) is 26.8. The van der Waals surface area contributed by atoms with Crippen molar-refractivity contribution >= 4 is 40.8 Å². The molecule has 120 valence electrons. The molecule has 3 N–H and O–H groups in total. The topological polar surface area (TPSA) is 78.7 Å². The Morgan fingerprint density at radius 1 is 1.14 bits per heavy atom. The highest BCUT2D eigenvalue weighted by Crippen LogP contribution is 2.24. The Morgan fingerprint density at radius 3 is 2.59 bits per heavy atom. The fourth-order valence-corrected chi connectivity index (χ4v) is 2.63. The van der Waals surface area contributed by atoms with Gasteiger partial charge in [0.25, 0.3) is 0 Å².